The van der Waals surface area contributed by atoms with Crippen LogP contribution in [-0.4, -0.2) is 95.1 Å². The molecular formula is C25H34N6O5. The minimum atomic E-state index is -0.442. The number of tetrazole rings is 1. The largest absolute Gasteiger partial charge is 0.441 e. The first-order valence-corrected chi connectivity index (χ1v) is 13.1. The molecule has 3 saturated heterocycles. The molecule has 194 valence electrons. The van der Waals surface area contributed by atoms with Crippen molar-refractivity contribution < 1.29 is 23.7 Å². The van der Waals surface area contributed by atoms with Gasteiger partial charge in [0.1, 0.15) is 18.2 Å². The van der Waals surface area contributed by atoms with Crippen LogP contribution >= 0.6 is 0 Å². The van der Waals surface area contributed by atoms with Gasteiger partial charge in [-0.3, -0.25) is 4.90 Å². The van der Waals surface area contributed by atoms with Crippen molar-refractivity contribution in [2.45, 2.75) is 69.0 Å². The van der Waals surface area contributed by atoms with E-state index in [1.807, 2.05) is 0 Å². The standard InChI is InChI=1S/C25H34N6O5/c32-25(26-19-4-2-1-3-5-19)36-21-16-35-22-20(15-34-23(21)22)31-24(27-28-29-31)18-8-6-17(7-9-18)14-30-10-12-33-13-11-30/h6-9,19-23H,1-5,10-16H2,(H,26,32). The maximum atomic E-state index is 12.5. The van der Waals surface area contributed by atoms with Crippen molar-refractivity contribution in [1.82, 2.24) is 30.4 Å². The number of benzene rings is 1. The quantitative estimate of drug-likeness (QED) is 0.638. The van der Waals surface area contributed by atoms with Gasteiger partial charge in [-0.05, 0) is 28.8 Å². The average molecular weight is 499 g/mol. The highest BCUT2D eigenvalue weighted by molar-refractivity contribution is 5.68. The van der Waals surface area contributed by atoms with E-state index in [0.717, 1.165) is 64.1 Å². The first kappa shape index (κ1) is 23.8. The predicted octanol–water partition coefficient (Wildman–Crippen LogP) is 1.94. The third kappa shape index (κ3) is 5.10. The number of amides is 1. The zero-order valence-electron chi connectivity index (χ0n) is 20.5. The molecule has 4 heterocycles. The monoisotopic (exact) mass is 498 g/mol. The first-order chi connectivity index (χ1) is 17.7. The molecule has 3 aliphatic heterocycles. The molecule has 11 nitrogen and oxygen atoms in total. The van der Waals surface area contributed by atoms with Crippen molar-refractivity contribution in [2.75, 3.05) is 39.5 Å². The third-order valence-electron chi connectivity index (χ3n) is 7.70. The zero-order valence-corrected chi connectivity index (χ0v) is 20.5. The molecule has 1 aromatic heterocycles. The van der Waals surface area contributed by atoms with Gasteiger partial charge in [-0.15, -0.1) is 5.10 Å². The van der Waals surface area contributed by atoms with E-state index in [1.54, 1.807) is 4.68 Å². The molecule has 11 heteroatoms. The number of nitrogens with zero attached hydrogens (tertiary/aromatic N) is 5. The number of carbonyl (C=O) groups excluding carboxylic acids is 1. The second-order valence-corrected chi connectivity index (χ2v) is 10.1. The molecule has 0 radical (unpaired) electrons. The Kier molecular flexibility index (Phi) is 7.13. The maximum Gasteiger partial charge on any atom is 0.407 e. The van der Waals surface area contributed by atoms with E-state index >= 15 is 0 Å². The number of carbonyl (C=O) groups is 1. The topological polar surface area (TPSA) is 113 Å². The van der Waals surface area contributed by atoms with Gasteiger partial charge in [-0.2, -0.15) is 0 Å². The molecule has 0 bridgehead atoms. The smallest absolute Gasteiger partial charge is 0.407 e. The van der Waals surface area contributed by atoms with E-state index in [9.17, 15) is 4.79 Å². The molecule has 4 fully saturated rings. The number of alkyl carbamates (subject to hydrolysis) is 1. The summed E-state index contributed by atoms with van der Waals surface area (Å²) < 4.78 is 25.0. The van der Waals surface area contributed by atoms with Crippen LogP contribution in [0.1, 0.15) is 43.7 Å². The second kappa shape index (κ2) is 10.8. The van der Waals surface area contributed by atoms with Gasteiger partial charge in [0.05, 0.1) is 26.4 Å². The molecule has 4 aliphatic rings. The van der Waals surface area contributed by atoms with Crippen LogP contribution in [0.25, 0.3) is 11.4 Å². The summed E-state index contributed by atoms with van der Waals surface area (Å²) in [5.41, 5.74) is 2.18. The van der Waals surface area contributed by atoms with E-state index in [2.05, 4.69) is 50.0 Å². The maximum absolute atomic E-state index is 12.5. The molecule has 36 heavy (non-hydrogen) atoms. The molecule has 6 rings (SSSR count). The van der Waals surface area contributed by atoms with Crippen molar-refractivity contribution in [3.05, 3.63) is 29.8 Å². The predicted molar refractivity (Wildman–Crippen MR) is 128 cm³/mol. The fourth-order valence-corrected chi connectivity index (χ4v) is 5.72. The number of rotatable bonds is 6. The van der Waals surface area contributed by atoms with Gasteiger partial charge < -0.3 is 24.3 Å². The van der Waals surface area contributed by atoms with E-state index in [-0.39, 0.29) is 30.4 Å². The van der Waals surface area contributed by atoms with Gasteiger partial charge >= 0.3 is 6.09 Å². The van der Waals surface area contributed by atoms with E-state index in [1.165, 1.54) is 12.0 Å². The summed E-state index contributed by atoms with van der Waals surface area (Å²) in [4.78, 5) is 14.9. The lowest BCUT2D eigenvalue weighted by molar-refractivity contribution is 0.00174. The number of hydrogen-bond donors (Lipinski definition) is 1. The first-order valence-electron chi connectivity index (χ1n) is 13.1. The highest BCUT2D eigenvalue weighted by Gasteiger charge is 2.51. The summed E-state index contributed by atoms with van der Waals surface area (Å²) in [6, 6.07) is 8.37. The molecular weight excluding hydrogens is 464 g/mol. The van der Waals surface area contributed by atoms with E-state index in [0.29, 0.717) is 19.0 Å². The van der Waals surface area contributed by atoms with Crippen molar-refractivity contribution in [3.63, 3.8) is 0 Å². The number of ether oxygens (including phenoxy) is 4. The zero-order chi connectivity index (χ0) is 24.3. The summed E-state index contributed by atoms with van der Waals surface area (Å²) >= 11 is 0. The van der Waals surface area contributed by atoms with Gasteiger partial charge in [0.25, 0.3) is 0 Å². The fourth-order valence-electron chi connectivity index (χ4n) is 5.72. The lowest BCUT2D eigenvalue weighted by Gasteiger charge is -2.26. The Balaban J connectivity index is 1.08. The van der Waals surface area contributed by atoms with E-state index in [4.69, 9.17) is 18.9 Å². The lowest BCUT2D eigenvalue weighted by atomic mass is 9.96. The SMILES string of the molecule is O=C(NC1CCCCC1)OC1COC2C1OCC2n1nnnc1-c1ccc(CN2CCOCC2)cc1. The van der Waals surface area contributed by atoms with Gasteiger partial charge in [0.2, 0.25) is 0 Å². The van der Waals surface area contributed by atoms with Crippen molar-refractivity contribution in [2.24, 2.45) is 0 Å². The van der Waals surface area contributed by atoms with Crippen LogP contribution in [0.4, 0.5) is 4.79 Å². The Labute approximate surface area is 210 Å². The molecule has 1 aliphatic carbocycles. The van der Waals surface area contributed by atoms with Crippen molar-refractivity contribution in [1.29, 1.82) is 0 Å². The number of nitrogens with one attached hydrogen (secondary N) is 1. The summed E-state index contributed by atoms with van der Waals surface area (Å²) in [6.07, 6.45) is 4.12. The van der Waals surface area contributed by atoms with Crippen LogP contribution in [0.3, 0.4) is 0 Å². The highest BCUT2D eigenvalue weighted by atomic mass is 16.6. The minimum absolute atomic E-state index is 0.192. The molecule has 4 unspecified atom stereocenters. The molecule has 1 aromatic carbocycles. The fraction of sp³-hybridized carbons (Fsp3) is 0.680. The van der Waals surface area contributed by atoms with Gasteiger partial charge in [-0.1, -0.05) is 43.5 Å². The Morgan fingerprint density at radius 3 is 2.61 bits per heavy atom. The van der Waals surface area contributed by atoms with Crippen LogP contribution in [-0.2, 0) is 25.5 Å². The van der Waals surface area contributed by atoms with Crippen molar-refractivity contribution in [3.8, 4) is 11.4 Å². The third-order valence-corrected chi connectivity index (χ3v) is 7.70. The second-order valence-electron chi connectivity index (χ2n) is 10.1. The molecule has 2 aromatic rings. The van der Waals surface area contributed by atoms with Gasteiger partial charge in [-0.25, -0.2) is 9.48 Å². The number of fused-ring (bicyclic) bond motifs is 1. The molecule has 1 amide bonds. The summed E-state index contributed by atoms with van der Waals surface area (Å²) in [6.45, 7) is 5.09. The molecule has 1 N–H and O–H groups in total. The van der Waals surface area contributed by atoms with Crippen LogP contribution in [0, 0.1) is 0 Å². The molecule has 0 spiro atoms. The number of morpholine rings is 1. The Morgan fingerprint density at radius 2 is 1.81 bits per heavy atom. The Morgan fingerprint density at radius 1 is 1.03 bits per heavy atom. The summed E-state index contributed by atoms with van der Waals surface area (Å²) in [5, 5.41) is 15.5. The average Bonchev–Trinajstić information content (AvgIpc) is 3.64. The minimum Gasteiger partial charge on any atom is -0.441 e. The van der Waals surface area contributed by atoms with E-state index < -0.39 is 6.10 Å². The normalized spacial score (nSPS) is 29.2. The van der Waals surface area contributed by atoms with Gasteiger partial charge in [0.15, 0.2) is 11.9 Å². The van der Waals surface area contributed by atoms with Crippen LogP contribution in [0.15, 0.2) is 24.3 Å². The van der Waals surface area contributed by atoms with Crippen molar-refractivity contribution >= 4 is 6.09 Å². The number of hydrogen-bond acceptors (Lipinski definition) is 9. The molecule has 1 saturated carbocycles. The Bertz CT molecular complexity index is 1020. The van der Waals surface area contributed by atoms with Crippen LogP contribution < -0.4 is 5.32 Å². The van der Waals surface area contributed by atoms with Gasteiger partial charge in [0, 0.05) is 31.2 Å². The summed E-state index contributed by atoms with van der Waals surface area (Å²) in [7, 11) is 0. The van der Waals surface area contributed by atoms with Crippen LogP contribution in [0.2, 0.25) is 0 Å². The molecule has 4 atom stereocenters. The highest BCUT2D eigenvalue weighted by Crippen LogP contribution is 2.37. The Hall–Kier alpha value is -2.60. The lowest BCUT2D eigenvalue weighted by Crippen LogP contribution is -2.41. The number of aromatic nitrogens is 4. The van der Waals surface area contributed by atoms with Crippen LogP contribution in [0.5, 0.6) is 0 Å². The summed E-state index contributed by atoms with van der Waals surface area (Å²) in [5.74, 6) is 0.671.